The molecule has 5 aromatic rings. The van der Waals surface area contributed by atoms with Gasteiger partial charge in [0.15, 0.2) is 11.0 Å². The number of fused-ring (bicyclic) bond motifs is 1. The monoisotopic (exact) mass is 517 g/mol. The Morgan fingerprint density at radius 3 is 2.47 bits per heavy atom. The summed E-state index contributed by atoms with van der Waals surface area (Å²) < 4.78 is 6.82. The van der Waals surface area contributed by atoms with Gasteiger partial charge in [0.25, 0.3) is 0 Å². The van der Waals surface area contributed by atoms with E-state index in [1.54, 1.807) is 12.1 Å². The van der Waals surface area contributed by atoms with E-state index in [9.17, 15) is 9.90 Å². The Labute approximate surface area is 215 Å². The molecule has 0 unspecified atom stereocenters. The zero-order valence-corrected chi connectivity index (χ0v) is 20.6. The topological polar surface area (TPSA) is 106 Å². The standard InChI is InChI=1S/C26H20ClN5O3S/c1-35-25(34)22(23-28-19-9-5-6-10-20(19)29-23)21(33)15-36-26-31-30-24(16-11-13-17(27)14-12-16)32(26)18-7-3-2-4-8-18/h2-14,33H,15H2,1H3,(H,28,29). The van der Waals surface area contributed by atoms with Crippen LogP contribution in [0.1, 0.15) is 5.82 Å². The van der Waals surface area contributed by atoms with Gasteiger partial charge in [-0.25, -0.2) is 9.78 Å². The highest BCUT2D eigenvalue weighted by molar-refractivity contribution is 7.99. The summed E-state index contributed by atoms with van der Waals surface area (Å²) in [5.74, 6) is -0.00509. The van der Waals surface area contributed by atoms with E-state index in [-0.39, 0.29) is 22.9 Å². The third kappa shape index (κ3) is 4.71. The van der Waals surface area contributed by atoms with Crippen molar-refractivity contribution in [3.8, 4) is 17.1 Å². The fraction of sp³-hybridized carbons (Fsp3) is 0.0769. The van der Waals surface area contributed by atoms with Crippen LogP contribution in [0.3, 0.4) is 0 Å². The molecular formula is C26H20ClN5O3S. The van der Waals surface area contributed by atoms with Gasteiger partial charge in [-0.2, -0.15) is 0 Å². The van der Waals surface area contributed by atoms with E-state index in [2.05, 4.69) is 20.2 Å². The van der Waals surface area contributed by atoms with Gasteiger partial charge in [0.1, 0.15) is 17.2 Å². The molecule has 0 aliphatic rings. The van der Waals surface area contributed by atoms with Crippen molar-refractivity contribution in [3.63, 3.8) is 0 Å². The predicted octanol–water partition coefficient (Wildman–Crippen LogP) is 5.70. The highest BCUT2D eigenvalue weighted by Gasteiger charge is 2.23. The number of aliphatic hydroxyl groups excluding tert-OH is 1. The Hall–Kier alpha value is -4.08. The van der Waals surface area contributed by atoms with E-state index in [0.717, 1.165) is 16.8 Å². The summed E-state index contributed by atoms with van der Waals surface area (Å²) in [6.07, 6.45) is 0. The smallest absolute Gasteiger partial charge is 0.345 e. The van der Waals surface area contributed by atoms with E-state index < -0.39 is 5.97 Å². The average molecular weight is 518 g/mol. The summed E-state index contributed by atoms with van der Waals surface area (Å²) in [5.41, 5.74) is 3.06. The van der Waals surface area contributed by atoms with E-state index in [1.165, 1.54) is 18.9 Å². The number of carbonyl (C=O) groups excluding carboxylic acids is 1. The first kappa shape index (κ1) is 23.7. The molecule has 0 bridgehead atoms. The lowest BCUT2D eigenvalue weighted by Crippen LogP contribution is -2.10. The highest BCUT2D eigenvalue weighted by atomic mass is 35.5. The van der Waals surface area contributed by atoms with E-state index >= 15 is 0 Å². The summed E-state index contributed by atoms with van der Waals surface area (Å²) in [6, 6.07) is 24.3. The van der Waals surface area contributed by atoms with Crippen LogP contribution in [0.25, 0.3) is 33.7 Å². The second kappa shape index (κ2) is 10.3. The number of para-hydroxylation sites is 3. The van der Waals surface area contributed by atoms with Crippen LogP contribution >= 0.6 is 23.4 Å². The van der Waals surface area contributed by atoms with Crippen LogP contribution in [0, 0.1) is 0 Å². The second-order valence-electron chi connectivity index (χ2n) is 7.69. The lowest BCUT2D eigenvalue weighted by atomic mass is 10.2. The SMILES string of the molecule is COC(=O)C(=C(O)CSc1nnc(-c2ccc(Cl)cc2)n1-c1ccccc1)c1nc2ccccc2[nH]1. The lowest BCUT2D eigenvalue weighted by Gasteiger charge is -2.11. The van der Waals surface area contributed by atoms with Crippen LogP contribution in [-0.4, -0.2) is 48.7 Å². The molecule has 10 heteroatoms. The third-order valence-electron chi connectivity index (χ3n) is 5.39. The summed E-state index contributed by atoms with van der Waals surface area (Å²) in [5, 5.41) is 20.9. The molecule has 0 atom stereocenters. The highest BCUT2D eigenvalue weighted by Crippen LogP contribution is 2.31. The number of hydrogen-bond donors (Lipinski definition) is 2. The molecule has 2 heterocycles. The maximum Gasteiger partial charge on any atom is 0.345 e. The maximum absolute atomic E-state index is 12.6. The van der Waals surface area contributed by atoms with Crippen LogP contribution in [0.2, 0.25) is 5.02 Å². The number of nitrogens with one attached hydrogen (secondary N) is 1. The van der Waals surface area contributed by atoms with Crippen molar-refractivity contribution in [2.24, 2.45) is 0 Å². The van der Waals surface area contributed by atoms with Gasteiger partial charge in [0.05, 0.1) is 23.9 Å². The summed E-state index contributed by atoms with van der Waals surface area (Å²) >= 11 is 7.30. The number of nitrogens with zero attached hydrogens (tertiary/aromatic N) is 4. The normalized spacial score (nSPS) is 11.9. The third-order valence-corrected chi connectivity index (χ3v) is 6.58. The van der Waals surface area contributed by atoms with E-state index in [1.807, 2.05) is 71.3 Å². The molecule has 3 aromatic carbocycles. The molecule has 2 aromatic heterocycles. The van der Waals surface area contributed by atoms with Crippen LogP contribution in [-0.2, 0) is 9.53 Å². The molecule has 0 aliphatic carbocycles. The number of methoxy groups -OCH3 is 1. The van der Waals surface area contributed by atoms with Gasteiger partial charge in [0.2, 0.25) is 0 Å². The second-order valence-corrected chi connectivity index (χ2v) is 9.07. The van der Waals surface area contributed by atoms with Gasteiger partial charge in [0, 0.05) is 16.3 Å². The zero-order valence-electron chi connectivity index (χ0n) is 19.1. The number of hydrogen-bond acceptors (Lipinski definition) is 7. The predicted molar refractivity (Wildman–Crippen MR) is 140 cm³/mol. The maximum atomic E-state index is 12.6. The number of aromatic nitrogens is 5. The molecule has 8 nitrogen and oxygen atoms in total. The molecule has 0 aliphatic heterocycles. The van der Waals surface area contributed by atoms with Crippen LogP contribution in [0.15, 0.2) is 89.8 Å². The van der Waals surface area contributed by atoms with Crippen molar-refractivity contribution in [1.82, 2.24) is 24.7 Å². The van der Waals surface area contributed by atoms with E-state index in [0.29, 0.717) is 21.5 Å². The Kier molecular flexibility index (Phi) is 6.75. The first-order valence-corrected chi connectivity index (χ1v) is 12.3. The Bertz CT molecular complexity index is 1530. The number of aliphatic hydroxyl groups is 1. The lowest BCUT2D eigenvalue weighted by molar-refractivity contribution is -0.133. The minimum absolute atomic E-state index is 0.0348. The molecule has 0 amide bonds. The van der Waals surface area contributed by atoms with E-state index in [4.69, 9.17) is 16.3 Å². The fourth-order valence-corrected chi connectivity index (χ4v) is 4.64. The number of rotatable bonds is 7. The van der Waals surface area contributed by atoms with Gasteiger partial charge < -0.3 is 14.8 Å². The van der Waals surface area contributed by atoms with Gasteiger partial charge in [-0.15, -0.1) is 10.2 Å². The van der Waals surface area contributed by atoms with Crippen molar-refractivity contribution in [2.45, 2.75) is 5.16 Å². The van der Waals surface area contributed by atoms with Crippen molar-refractivity contribution in [1.29, 1.82) is 0 Å². The summed E-state index contributed by atoms with van der Waals surface area (Å²) in [6.45, 7) is 0. The van der Waals surface area contributed by atoms with Crippen LogP contribution < -0.4 is 0 Å². The molecule has 5 rings (SSSR count). The number of aromatic amines is 1. The molecule has 0 saturated heterocycles. The minimum Gasteiger partial charge on any atom is -0.510 e. The van der Waals surface area contributed by atoms with Gasteiger partial charge >= 0.3 is 5.97 Å². The first-order chi connectivity index (χ1) is 17.5. The number of ether oxygens (including phenoxy) is 1. The minimum atomic E-state index is -0.696. The Morgan fingerprint density at radius 1 is 1.03 bits per heavy atom. The van der Waals surface area contributed by atoms with Crippen molar-refractivity contribution in [2.75, 3.05) is 12.9 Å². The molecule has 2 N–H and O–H groups in total. The Morgan fingerprint density at radius 2 is 1.75 bits per heavy atom. The zero-order chi connectivity index (χ0) is 25.1. The number of H-pyrrole nitrogens is 1. The summed E-state index contributed by atoms with van der Waals surface area (Å²) in [7, 11) is 1.26. The fourth-order valence-electron chi connectivity index (χ4n) is 3.69. The molecule has 0 radical (unpaired) electrons. The molecule has 36 heavy (non-hydrogen) atoms. The van der Waals surface area contributed by atoms with Gasteiger partial charge in [-0.05, 0) is 48.5 Å². The van der Waals surface area contributed by atoms with Gasteiger partial charge in [-0.1, -0.05) is 53.7 Å². The van der Waals surface area contributed by atoms with Crippen LogP contribution in [0.4, 0.5) is 0 Å². The molecule has 0 fully saturated rings. The number of benzene rings is 3. The first-order valence-electron chi connectivity index (χ1n) is 10.9. The summed E-state index contributed by atoms with van der Waals surface area (Å²) in [4.78, 5) is 20.1. The molecule has 0 spiro atoms. The molecule has 0 saturated carbocycles. The van der Waals surface area contributed by atoms with Crippen molar-refractivity contribution < 1.29 is 14.6 Å². The largest absolute Gasteiger partial charge is 0.510 e. The number of imidazole rings is 1. The molecular weight excluding hydrogens is 498 g/mol. The molecule has 180 valence electrons. The number of esters is 1. The van der Waals surface area contributed by atoms with Crippen molar-refractivity contribution >= 4 is 45.9 Å². The van der Waals surface area contributed by atoms with Gasteiger partial charge in [-0.3, -0.25) is 4.57 Å². The Balaban J connectivity index is 1.52. The number of halogens is 1. The number of carbonyl (C=O) groups is 1. The van der Waals surface area contributed by atoms with Crippen molar-refractivity contribution in [3.05, 3.63) is 95.5 Å². The quantitative estimate of drug-likeness (QED) is 0.123. The van der Waals surface area contributed by atoms with Crippen LogP contribution in [0.5, 0.6) is 0 Å². The average Bonchev–Trinajstić information content (AvgIpc) is 3.52. The number of thioether (sulfide) groups is 1.